The number of carboxylic acid groups (broad SMARTS) is 1. The maximum atomic E-state index is 12.0. The lowest BCUT2D eigenvalue weighted by atomic mass is 10.2. The fourth-order valence-electron chi connectivity index (χ4n) is 1.61. The predicted octanol–water partition coefficient (Wildman–Crippen LogP) is 2.88. The number of phenolic OH excluding ortho intramolecular Hbond substituents is 1. The number of amides is 2. The third-order valence-corrected chi connectivity index (χ3v) is 4.70. The first kappa shape index (κ1) is 16.3. The van der Waals surface area contributed by atoms with Crippen molar-refractivity contribution in [3.8, 4) is 5.75 Å². The summed E-state index contributed by atoms with van der Waals surface area (Å²) in [6, 6.07) is 3.30. The number of hydrogen-bond donors (Lipinski definition) is 2. The molecule has 2 amide bonds. The Labute approximate surface area is 145 Å². The molecule has 0 radical (unpaired) electrons. The Morgan fingerprint density at radius 2 is 2.10 bits per heavy atom. The summed E-state index contributed by atoms with van der Waals surface area (Å²) in [6.45, 7) is -0.677. The van der Waals surface area contributed by atoms with Crippen LogP contribution in [0, 0.1) is 3.57 Å². The Morgan fingerprint density at radius 1 is 1.43 bits per heavy atom. The molecule has 6 nitrogen and oxygen atoms in total. The molecule has 0 atom stereocenters. The number of imide groups is 1. The summed E-state index contributed by atoms with van der Waals surface area (Å²) in [7, 11) is 0. The zero-order chi connectivity index (χ0) is 15.7. The molecular formula is C12H7BrINO5S. The van der Waals surface area contributed by atoms with Crippen LogP contribution in [0.4, 0.5) is 4.79 Å². The van der Waals surface area contributed by atoms with E-state index in [0.29, 0.717) is 30.3 Å². The summed E-state index contributed by atoms with van der Waals surface area (Å²) >= 11 is 5.86. The number of rotatable bonds is 3. The largest absolute Gasteiger partial charge is 0.506 e. The van der Waals surface area contributed by atoms with Crippen molar-refractivity contribution >= 4 is 73.5 Å². The van der Waals surface area contributed by atoms with Crippen LogP contribution in [-0.2, 0) is 9.59 Å². The first-order chi connectivity index (χ1) is 9.79. The molecule has 1 heterocycles. The van der Waals surface area contributed by atoms with Crippen molar-refractivity contribution in [1.29, 1.82) is 0 Å². The lowest BCUT2D eigenvalue weighted by Crippen LogP contribution is -2.33. The highest BCUT2D eigenvalue weighted by Gasteiger charge is 2.36. The zero-order valence-electron chi connectivity index (χ0n) is 10.2. The molecular weight excluding hydrogens is 477 g/mol. The van der Waals surface area contributed by atoms with E-state index in [1.807, 2.05) is 22.6 Å². The second-order valence-corrected chi connectivity index (χ2v) is 7.06. The molecule has 0 aliphatic carbocycles. The van der Waals surface area contributed by atoms with E-state index in [1.54, 1.807) is 12.1 Å². The van der Waals surface area contributed by atoms with Gasteiger partial charge in [0, 0.05) is 10.0 Å². The Bertz CT molecular complexity index is 690. The maximum Gasteiger partial charge on any atom is 0.323 e. The highest BCUT2D eigenvalue weighted by molar-refractivity contribution is 14.1. The van der Waals surface area contributed by atoms with E-state index in [0.717, 1.165) is 0 Å². The Balaban J connectivity index is 2.37. The van der Waals surface area contributed by atoms with Crippen molar-refractivity contribution < 1.29 is 24.6 Å². The van der Waals surface area contributed by atoms with Gasteiger partial charge in [0.25, 0.3) is 11.1 Å². The molecule has 1 aliphatic rings. The van der Waals surface area contributed by atoms with Gasteiger partial charge < -0.3 is 10.2 Å². The molecule has 0 aromatic heterocycles. The predicted molar refractivity (Wildman–Crippen MR) is 88.8 cm³/mol. The number of thioether (sulfide) groups is 1. The van der Waals surface area contributed by atoms with Crippen LogP contribution in [0.5, 0.6) is 5.75 Å². The van der Waals surface area contributed by atoms with Crippen LogP contribution < -0.4 is 0 Å². The SMILES string of the molecule is O=C(O)CN1C(=O)S/C(=C/c2cc(Br)cc(I)c2O)C1=O. The molecule has 1 saturated heterocycles. The summed E-state index contributed by atoms with van der Waals surface area (Å²) < 4.78 is 1.29. The fraction of sp³-hybridized carbons (Fsp3) is 0.0833. The number of carbonyl (C=O) groups is 3. The van der Waals surface area contributed by atoms with Crippen LogP contribution in [-0.4, -0.2) is 38.8 Å². The van der Waals surface area contributed by atoms with E-state index in [1.165, 1.54) is 6.08 Å². The summed E-state index contributed by atoms with van der Waals surface area (Å²) in [5.74, 6) is -1.95. The molecule has 110 valence electrons. The van der Waals surface area contributed by atoms with Crippen molar-refractivity contribution in [2.75, 3.05) is 6.54 Å². The summed E-state index contributed by atoms with van der Waals surface area (Å²) in [5.41, 5.74) is 0.370. The van der Waals surface area contributed by atoms with Crippen molar-refractivity contribution in [2.45, 2.75) is 0 Å². The molecule has 1 aromatic carbocycles. The lowest BCUT2D eigenvalue weighted by molar-refractivity contribution is -0.140. The van der Waals surface area contributed by atoms with Gasteiger partial charge >= 0.3 is 5.97 Å². The monoisotopic (exact) mass is 483 g/mol. The first-order valence-electron chi connectivity index (χ1n) is 5.44. The normalized spacial score (nSPS) is 16.9. The molecule has 9 heteroatoms. The van der Waals surface area contributed by atoms with E-state index >= 15 is 0 Å². The van der Waals surface area contributed by atoms with Crippen molar-refractivity contribution in [2.24, 2.45) is 0 Å². The topological polar surface area (TPSA) is 94.9 Å². The van der Waals surface area contributed by atoms with E-state index in [2.05, 4.69) is 15.9 Å². The molecule has 0 saturated carbocycles. The molecule has 1 fully saturated rings. The number of carbonyl (C=O) groups excluding carboxylic acids is 2. The van der Waals surface area contributed by atoms with Gasteiger partial charge in [0.05, 0.1) is 8.48 Å². The Kier molecular flexibility index (Phi) is 4.94. The minimum absolute atomic E-state index is 0.0103. The molecule has 0 unspecified atom stereocenters. The second kappa shape index (κ2) is 6.36. The lowest BCUT2D eigenvalue weighted by Gasteiger charge is -2.08. The average molecular weight is 484 g/mol. The van der Waals surface area contributed by atoms with Crippen LogP contribution in [0.3, 0.4) is 0 Å². The van der Waals surface area contributed by atoms with Crippen LogP contribution in [0.1, 0.15) is 5.56 Å². The van der Waals surface area contributed by atoms with E-state index < -0.39 is 23.7 Å². The zero-order valence-corrected chi connectivity index (χ0v) is 14.7. The van der Waals surface area contributed by atoms with Gasteiger partial charge in [0.15, 0.2) is 0 Å². The minimum atomic E-state index is -1.27. The van der Waals surface area contributed by atoms with Crippen molar-refractivity contribution in [1.82, 2.24) is 4.90 Å². The number of phenols is 1. The van der Waals surface area contributed by atoms with Gasteiger partial charge in [-0.3, -0.25) is 19.3 Å². The van der Waals surface area contributed by atoms with Gasteiger partial charge in [0.2, 0.25) is 0 Å². The number of carboxylic acids is 1. The molecule has 21 heavy (non-hydrogen) atoms. The second-order valence-electron chi connectivity index (χ2n) is 3.99. The van der Waals surface area contributed by atoms with Crippen LogP contribution in [0.25, 0.3) is 6.08 Å². The van der Waals surface area contributed by atoms with Crippen molar-refractivity contribution in [3.63, 3.8) is 0 Å². The van der Waals surface area contributed by atoms with Crippen LogP contribution in [0.2, 0.25) is 0 Å². The third-order valence-electron chi connectivity index (χ3n) is 2.51. The highest BCUT2D eigenvalue weighted by Crippen LogP contribution is 2.36. The Hall–Kier alpha value is -1.07. The van der Waals surface area contributed by atoms with Gasteiger partial charge in [-0.15, -0.1) is 0 Å². The Morgan fingerprint density at radius 3 is 2.71 bits per heavy atom. The van der Waals surface area contributed by atoms with Gasteiger partial charge in [0.1, 0.15) is 12.3 Å². The molecule has 0 spiro atoms. The number of halogens is 2. The first-order valence-corrected chi connectivity index (χ1v) is 8.13. The van der Waals surface area contributed by atoms with Crippen LogP contribution >= 0.6 is 50.3 Å². The summed E-state index contributed by atoms with van der Waals surface area (Å²) in [4.78, 5) is 35.0. The smallest absolute Gasteiger partial charge is 0.323 e. The van der Waals surface area contributed by atoms with Gasteiger partial charge in [-0.05, 0) is 52.6 Å². The van der Waals surface area contributed by atoms with Gasteiger partial charge in [-0.1, -0.05) is 15.9 Å². The molecule has 0 bridgehead atoms. The van der Waals surface area contributed by atoms with E-state index in [9.17, 15) is 19.5 Å². The summed E-state index contributed by atoms with van der Waals surface area (Å²) in [6.07, 6.45) is 1.37. The molecule has 1 aliphatic heterocycles. The number of nitrogens with zero attached hydrogens (tertiary/aromatic N) is 1. The number of aliphatic carboxylic acids is 1. The fourth-order valence-corrected chi connectivity index (χ4v) is 3.99. The van der Waals surface area contributed by atoms with Gasteiger partial charge in [-0.25, -0.2) is 0 Å². The summed E-state index contributed by atoms with van der Waals surface area (Å²) in [5, 5.41) is 18.0. The third kappa shape index (κ3) is 3.58. The average Bonchev–Trinajstić information content (AvgIpc) is 2.63. The minimum Gasteiger partial charge on any atom is -0.506 e. The quantitative estimate of drug-likeness (QED) is 0.507. The highest BCUT2D eigenvalue weighted by atomic mass is 127. The standard InChI is InChI=1S/C12H7BrINO5S/c13-6-1-5(10(18)7(14)3-6)2-8-11(19)15(4-9(16)17)12(20)21-8/h1-3,18H,4H2,(H,16,17)/b8-2+. The molecule has 2 rings (SSSR count). The van der Waals surface area contributed by atoms with E-state index in [-0.39, 0.29) is 10.7 Å². The number of benzene rings is 1. The number of hydrogen-bond acceptors (Lipinski definition) is 5. The number of aromatic hydroxyl groups is 1. The molecule has 1 aromatic rings. The van der Waals surface area contributed by atoms with E-state index in [4.69, 9.17) is 5.11 Å². The van der Waals surface area contributed by atoms with Crippen LogP contribution in [0.15, 0.2) is 21.5 Å². The van der Waals surface area contributed by atoms with Crippen molar-refractivity contribution in [3.05, 3.63) is 30.6 Å². The molecule has 2 N–H and O–H groups in total. The van der Waals surface area contributed by atoms with Gasteiger partial charge in [-0.2, -0.15) is 0 Å². The maximum absolute atomic E-state index is 12.0.